The van der Waals surface area contributed by atoms with E-state index < -0.39 is 5.60 Å². The molecule has 0 radical (unpaired) electrons. The second-order valence-electron chi connectivity index (χ2n) is 5.69. The van der Waals surface area contributed by atoms with Gasteiger partial charge in [0.2, 0.25) is 5.91 Å². The molecule has 1 aliphatic rings. The number of hydrogen-bond acceptors (Lipinski definition) is 4. The summed E-state index contributed by atoms with van der Waals surface area (Å²) in [6.07, 6.45) is 1.77. The molecule has 1 unspecified atom stereocenters. The van der Waals surface area contributed by atoms with E-state index in [2.05, 4.69) is 10.3 Å². The number of β-amino-alcohol motifs (C(OH)–C–C–N with tert-alkyl or cyclic N) is 1. The summed E-state index contributed by atoms with van der Waals surface area (Å²) in [5.74, 6) is 0.115. The zero-order valence-electron chi connectivity index (χ0n) is 11.6. The Kier molecular flexibility index (Phi) is 4.60. The summed E-state index contributed by atoms with van der Waals surface area (Å²) in [5.41, 5.74) is 0.524. The van der Waals surface area contributed by atoms with Crippen LogP contribution in [0.1, 0.15) is 25.3 Å². The monoisotopic (exact) mass is 282 g/mol. The van der Waals surface area contributed by atoms with Crippen molar-refractivity contribution in [2.75, 3.05) is 26.7 Å². The highest BCUT2D eigenvalue weighted by Gasteiger charge is 2.29. The largest absolute Gasteiger partial charge is 0.389 e. The fraction of sp³-hybridized carbons (Fsp3) is 0.643. The van der Waals surface area contributed by atoms with Crippen LogP contribution in [0.25, 0.3) is 0 Å². The third-order valence-corrected chi connectivity index (χ3v) is 4.27. The van der Waals surface area contributed by atoms with Crippen molar-refractivity contribution >= 4 is 17.2 Å². The molecule has 0 bridgehead atoms. The Hall–Kier alpha value is -0.910. The Bertz CT molecular complexity index is 417. The number of nitrogens with zero attached hydrogens (tertiary/aromatic N) is 2. The van der Waals surface area contributed by atoms with Gasteiger partial charge in [0.25, 0.3) is 0 Å². The number of likely N-dealkylation sites (N-methyl/N-ethyl adjacent to an activating group) is 1. The number of piperidine rings is 1. The van der Waals surface area contributed by atoms with Crippen LogP contribution in [0.4, 0.5) is 0 Å². The average Bonchev–Trinajstić information content (AvgIpc) is 2.80. The number of aliphatic hydroxyl groups is 1. The molecule has 19 heavy (non-hydrogen) atoms. The number of likely N-dealkylation sites (tertiary alicyclic amines) is 1. The van der Waals surface area contributed by atoms with Gasteiger partial charge >= 0.3 is 0 Å². The van der Waals surface area contributed by atoms with Crippen molar-refractivity contribution in [2.24, 2.45) is 0 Å². The molecule has 1 N–H and O–H groups in total. The van der Waals surface area contributed by atoms with E-state index in [4.69, 9.17) is 0 Å². The lowest BCUT2D eigenvalue weighted by molar-refractivity contribution is -0.133. The molecule has 0 spiro atoms. The molecule has 4 nitrogen and oxygen atoms in total. The molecule has 1 fully saturated rings. The highest BCUT2D eigenvalue weighted by molar-refractivity contribution is 7.07. The van der Waals surface area contributed by atoms with Crippen LogP contribution in [0, 0.1) is 0 Å². The fourth-order valence-corrected chi connectivity index (χ4v) is 3.17. The van der Waals surface area contributed by atoms with Gasteiger partial charge < -0.3 is 10.0 Å². The second-order valence-corrected chi connectivity index (χ2v) is 6.47. The Labute approximate surface area is 118 Å². The molecule has 1 aromatic rings. The van der Waals surface area contributed by atoms with E-state index in [0.717, 1.165) is 19.4 Å². The van der Waals surface area contributed by atoms with Crippen LogP contribution in [0.2, 0.25) is 0 Å². The Morgan fingerprint density at radius 1 is 1.63 bits per heavy atom. The number of rotatable bonds is 4. The Balaban J connectivity index is 1.83. The standard InChI is InChI=1S/C14H22N2O2S/c1-14(18)5-3-6-16(11-14)9-13(17)15(2)8-12-4-7-19-10-12/h4,7,10,18H,3,5-6,8-9,11H2,1-2H3. The minimum atomic E-state index is -0.648. The van der Waals surface area contributed by atoms with E-state index in [1.54, 1.807) is 16.2 Å². The van der Waals surface area contributed by atoms with E-state index >= 15 is 0 Å². The Morgan fingerprint density at radius 3 is 3.05 bits per heavy atom. The second kappa shape index (κ2) is 6.03. The number of carbonyl (C=O) groups is 1. The molecule has 5 heteroatoms. The lowest BCUT2D eigenvalue weighted by atomic mass is 9.95. The molecule has 2 heterocycles. The van der Waals surface area contributed by atoms with E-state index in [-0.39, 0.29) is 5.91 Å². The van der Waals surface area contributed by atoms with Crippen molar-refractivity contribution in [3.8, 4) is 0 Å². The van der Waals surface area contributed by atoms with Crippen LogP contribution in [-0.2, 0) is 11.3 Å². The van der Waals surface area contributed by atoms with Crippen molar-refractivity contribution in [3.63, 3.8) is 0 Å². The van der Waals surface area contributed by atoms with Crippen molar-refractivity contribution in [1.29, 1.82) is 0 Å². The summed E-state index contributed by atoms with van der Waals surface area (Å²) < 4.78 is 0. The normalized spacial score (nSPS) is 24.4. The number of hydrogen-bond donors (Lipinski definition) is 1. The van der Waals surface area contributed by atoms with Gasteiger partial charge in [-0.05, 0) is 48.7 Å². The summed E-state index contributed by atoms with van der Waals surface area (Å²) in [6.45, 7) is 4.39. The molecule has 1 amide bonds. The summed E-state index contributed by atoms with van der Waals surface area (Å²) in [7, 11) is 1.84. The molecule has 0 aromatic carbocycles. The van der Waals surface area contributed by atoms with Crippen molar-refractivity contribution in [2.45, 2.75) is 31.9 Å². The van der Waals surface area contributed by atoms with Crippen LogP contribution in [0.15, 0.2) is 16.8 Å². The fourth-order valence-electron chi connectivity index (χ4n) is 2.51. The third-order valence-electron chi connectivity index (χ3n) is 3.54. The van der Waals surface area contributed by atoms with Gasteiger partial charge in [-0.25, -0.2) is 0 Å². The van der Waals surface area contributed by atoms with Gasteiger partial charge in [0.1, 0.15) is 0 Å². The highest BCUT2D eigenvalue weighted by atomic mass is 32.1. The molecule has 1 aliphatic heterocycles. The topological polar surface area (TPSA) is 43.8 Å². The molecule has 1 aromatic heterocycles. The van der Waals surface area contributed by atoms with Crippen molar-refractivity contribution < 1.29 is 9.90 Å². The van der Waals surface area contributed by atoms with Crippen LogP contribution < -0.4 is 0 Å². The molecule has 0 aliphatic carbocycles. The highest BCUT2D eigenvalue weighted by Crippen LogP contribution is 2.20. The van der Waals surface area contributed by atoms with E-state index in [9.17, 15) is 9.90 Å². The zero-order valence-corrected chi connectivity index (χ0v) is 12.4. The number of carbonyl (C=O) groups excluding carboxylic acids is 1. The van der Waals surface area contributed by atoms with Crippen molar-refractivity contribution in [3.05, 3.63) is 22.4 Å². The molecule has 106 valence electrons. The molecule has 0 saturated carbocycles. The van der Waals surface area contributed by atoms with Gasteiger partial charge in [0.05, 0.1) is 12.1 Å². The zero-order chi connectivity index (χ0) is 13.9. The van der Waals surface area contributed by atoms with Gasteiger partial charge in [-0.1, -0.05) is 0 Å². The summed E-state index contributed by atoms with van der Waals surface area (Å²) in [6, 6.07) is 2.04. The minimum Gasteiger partial charge on any atom is -0.389 e. The summed E-state index contributed by atoms with van der Waals surface area (Å²) in [4.78, 5) is 16.0. The molecule has 1 atom stereocenters. The first-order chi connectivity index (χ1) is 8.96. The van der Waals surface area contributed by atoms with Crippen LogP contribution in [-0.4, -0.2) is 53.1 Å². The lowest BCUT2D eigenvalue weighted by Crippen LogP contribution is -2.49. The summed E-state index contributed by atoms with van der Waals surface area (Å²) >= 11 is 1.65. The van der Waals surface area contributed by atoms with Gasteiger partial charge in [-0.3, -0.25) is 9.69 Å². The molecule has 2 rings (SSSR count). The molecule has 1 saturated heterocycles. The SMILES string of the molecule is CN(Cc1ccsc1)C(=O)CN1CCCC(C)(O)C1. The van der Waals surface area contributed by atoms with E-state index in [1.165, 1.54) is 5.56 Å². The third kappa shape index (κ3) is 4.30. The smallest absolute Gasteiger partial charge is 0.236 e. The summed E-state index contributed by atoms with van der Waals surface area (Å²) in [5, 5.41) is 14.1. The Morgan fingerprint density at radius 2 is 2.42 bits per heavy atom. The van der Waals surface area contributed by atoms with Gasteiger partial charge in [-0.2, -0.15) is 11.3 Å². The van der Waals surface area contributed by atoms with Gasteiger partial charge in [0, 0.05) is 20.1 Å². The predicted octanol–water partition coefficient (Wildman–Crippen LogP) is 1.55. The molecular weight excluding hydrogens is 260 g/mol. The number of thiophene rings is 1. The first-order valence-electron chi connectivity index (χ1n) is 6.66. The maximum Gasteiger partial charge on any atom is 0.236 e. The van der Waals surface area contributed by atoms with Gasteiger partial charge in [-0.15, -0.1) is 0 Å². The lowest BCUT2D eigenvalue weighted by Gasteiger charge is -2.37. The number of amides is 1. The first kappa shape index (κ1) is 14.5. The first-order valence-corrected chi connectivity index (χ1v) is 7.60. The van der Waals surface area contributed by atoms with Crippen LogP contribution >= 0.6 is 11.3 Å². The maximum atomic E-state index is 12.2. The van der Waals surface area contributed by atoms with E-state index in [0.29, 0.717) is 19.6 Å². The quantitative estimate of drug-likeness (QED) is 0.911. The van der Waals surface area contributed by atoms with E-state index in [1.807, 2.05) is 25.4 Å². The minimum absolute atomic E-state index is 0.115. The van der Waals surface area contributed by atoms with Crippen LogP contribution in [0.3, 0.4) is 0 Å². The average molecular weight is 282 g/mol. The van der Waals surface area contributed by atoms with Crippen molar-refractivity contribution in [1.82, 2.24) is 9.80 Å². The van der Waals surface area contributed by atoms with Gasteiger partial charge in [0.15, 0.2) is 0 Å². The molecular formula is C14H22N2O2S. The maximum absolute atomic E-state index is 12.2. The predicted molar refractivity (Wildman–Crippen MR) is 77.1 cm³/mol. The van der Waals surface area contributed by atoms with Crippen LogP contribution in [0.5, 0.6) is 0 Å².